The van der Waals surface area contributed by atoms with Gasteiger partial charge in [0.2, 0.25) is 10.0 Å². The molecule has 1 N–H and O–H groups in total. The van der Waals surface area contributed by atoms with Crippen molar-refractivity contribution in [3.63, 3.8) is 0 Å². The minimum atomic E-state index is -3.08. The lowest BCUT2D eigenvalue weighted by molar-refractivity contribution is 0.0173. The van der Waals surface area contributed by atoms with Crippen molar-refractivity contribution in [1.29, 1.82) is 0 Å². The summed E-state index contributed by atoms with van der Waals surface area (Å²) in [6.45, 7) is 1.70. The van der Waals surface area contributed by atoms with E-state index >= 15 is 0 Å². The van der Waals surface area contributed by atoms with E-state index in [0.717, 1.165) is 31.5 Å². The highest BCUT2D eigenvalue weighted by Gasteiger charge is 2.51. The molecule has 3 fully saturated rings. The molecule has 22 heavy (non-hydrogen) atoms. The van der Waals surface area contributed by atoms with Crippen molar-refractivity contribution >= 4 is 15.8 Å². The molecule has 1 saturated carbocycles. The van der Waals surface area contributed by atoms with Crippen LogP contribution < -0.4 is 5.32 Å². The van der Waals surface area contributed by atoms with Crippen LogP contribution >= 0.6 is 0 Å². The highest BCUT2D eigenvalue weighted by atomic mass is 32.2. The molecule has 120 valence electrons. The normalized spacial score (nSPS) is 32.6. The second-order valence-electron chi connectivity index (χ2n) is 6.58. The van der Waals surface area contributed by atoms with Crippen molar-refractivity contribution in [1.82, 2.24) is 9.29 Å². The van der Waals surface area contributed by atoms with E-state index in [4.69, 9.17) is 4.74 Å². The molecule has 3 heterocycles. The first-order valence-corrected chi connectivity index (χ1v) is 9.38. The highest BCUT2D eigenvalue weighted by Crippen LogP contribution is 2.40. The van der Waals surface area contributed by atoms with E-state index in [2.05, 4.69) is 10.3 Å². The van der Waals surface area contributed by atoms with E-state index in [0.29, 0.717) is 19.7 Å². The molecule has 1 aromatic heterocycles. The Morgan fingerprint density at radius 2 is 2.23 bits per heavy atom. The number of hydrogen-bond donors (Lipinski definition) is 1. The van der Waals surface area contributed by atoms with Gasteiger partial charge in [-0.3, -0.25) is 0 Å². The van der Waals surface area contributed by atoms with E-state index in [1.165, 1.54) is 0 Å². The van der Waals surface area contributed by atoms with Crippen LogP contribution in [0, 0.1) is 0 Å². The lowest BCUT2D eigenvalue weighted by Crippen LogP contribution is -2.37. The van der Waals surface area contributed by atoms with Crippen LogP contribution in [0.25, 0.3) is 0 Å². The van der Waals surface area contributed by atoms with Crippen molar-refractivity contribution in [3.05, 3.63) is 24.4 Å². The molecule has 0 aromatic carbocycles. The Morgan fingerprint density at radius 3 is 2.95 bits per heavy atom. The van der Waals surface area contributed by atoms with Gasteiger partial charge in [-0.15, -0.1) is 0 Å². The fourth-order valence-corrected chi connectivity index (χ4v) is 5.40. The lowest BCUT2D eigenvalue weighted by Gasteiger charge is -2.23. The van der Waals surface area contributed by atoms with E-state index in [1.54, 1.807) is 10.5 Å². The molecule has 3 aliphatic rings. The Morgan fingerprint density at radius 1 is 1.36 bits per heavy atom. The van der Waals surface area contributed by atoms with E-state index in [1.807, 2.05) is 18.2 Å². The van der Waals surface area contributed by atoms with Gasteiger partial charge in [0.05, 0.1) is 23.5 Å². The van der Waals surface area contributed by atoms with Gasteiger partial charge >= 0.3 is 0 Å². The van der Waals surface area contributed by atoms with Gasteiger partial charge in [-0.05, 0) is 31.4 Å². The number of nitrogens with zero attached hydrogens (tertiary/aromatic N) is 2. The number of ether oxygens (including phenoxy) is 1. The molecule has 2 aliphatic heterocycles. The Labute approximate surface area is 130 Å². The number of hydrogen-bond acceptors (Lipinski definition) is 5. The quantitative estimate of drug-likeness (QED) is 0.902. The number of pyridine rings is 1. The summed E-state index contributed by atoms with van der Waals surface area (Å²) in [6.07, 6.45) is 5.01. The van der Waals surface area contributed by atoms with Crippen molar-refractivity contribution < 1.29 is 13.2 Å². The summed E-state index contributed by atoms with van der Waals surface area (Å²) >= 11 is 0. The lowest BCUT2D eigenvalue weighted by atomic mass is 9.97. The molecule has 0 amide bonds. The topological polar surface area (TPSA) is 71.5 Å². The second kappa shape index (κ2) is 5.18. The molecular weight excluding hydrogens is 302 g/mol. The summed E-state index contributed by atoms with van der Waals surface area (Å²) in [7, 11) is -3.08. The Balaban J connectivity index is 1.40. The smallest absolute Gasteiger partial charge is 0.217 e. The molecule has 7 heteroatoms. The third-order valence-corrected chi connectivity index (χ3v) is 7.16. The average molecular weight is 323 g/mol. The van der Waals surface area contributed by atoms with E-state index < -0.39 is 10.0 Å². The van der Waals surface area contributed by atoms with Gasteiger partial charge in [0.15, 0.2) is 0 Å². The first-order chi connectivity index (χ1) is 10.6. The third kappa shape index (κ3) is 2.61. The number of sulfonamides is 1. The van der Waals surface area contributed by atoms with Crippen molar-refractivity contribution in [2.24, 2.45) is 0 Å². The van der Waals surface area contributed by atoms with Gasteiger partial charge in [-0.2, -0.15) is 4.31 Å². The molecule has 0 radical (unpaired) electrons. The molecule has 6 nitrogen and oxygen atoms in total. The zero-order valence-electron chi connectivity index (χ0n) is 12.4. The fraction of sp³-hybridized carbons (Fsp3) is 0.667. The van der Waals surface area contributed by atoms with Crippen LogP contribution in [0.2, 0.25) is 0 Å². The van der Waals surface area contributed by atoms with Crippen LogP contribution in [0.4, 0.5) is 5.82 Å². The maximum Gasteiger partial charge on any atom is 0.217 e. The van der Waals surface area contributed by atoms with Crippen LogP contribution in [0.15, 0.2) is 24.4 Å². The van der Waals surface area contributed by atoms with Crippen LogP contribution in [0.1, 0.15) is 25.7 Å². The monoisotopic (exact) mass is 323 g/mol. The minimum absolute atomic E-state index is 0.133. The standard InChI is InChI=1S/C15H21N3O3S/c19-22(20,13-4-5-13)18-8-6-15(11-18)9-12(10-21-15)17-14-3-1-2-7-16-14/h1-3,7,12-13H,4-6,8-11H2,(H,16,17)/t12-,15-/m0/s1. The van der Waals surface area contributed by atoms with Gasteiger partial charge in [0, 0.05) is 25.7 Å². The predicted octanol–water partition coefficient (Wildman–Crippen LogP) is 1.22. The second-order valence-corrected chi connectivity index (χ2v) is 8.80. The van der Waals surface area contributed by atoms with Gasteiger partial charge in [0.25, 0.3) is 0 Å². The molecular formula is C15H21N3O3S. The first kappa shape index (κ1) is 14.4. The zero-order chi connectivity index (χ0) is 15.2. The molecule has 2 atom stereocenters. The van der Waals surface area contributed by atoms with Crippen LogP contribution in [-0.4, -0.2) is 54.3 Å². The third-order valence-electron chi connectivity index (χ3n) is 4.81. The summed E-state index contributed by atoms with van der Waals surface area (Å²) in [5.74, 6) is 0.841. The minimum Gasteiger partial charge on any atom is -0.371 e. The zero-order valence-corrected chi connectivity index (χ0v) is 13.3. The molecule has 0 bridgehead atoms. The molecule has 1 spiro atoms. The summed E-state index contributed by atoms with van der Waals surface area (Å²) in [5.41, 5.74) is -0.311. The Kier molecular flexibility index (Phi) is 3.39. The van der Waals surface area contributed by atoms with Crippen molar-refractivity contribution in [2.45, 2.75) is 42.6 Å². The van der Waals surface area contributed by atoms with Gasteiger partial charge in [-0.1, -0.05) is 6.07 Å². The molecule has 0 unspecified atom stereocenters. The number of rotatable bonds is 4. The number of nitrogens with one attached hydrogen (secondary N) is 1. The molecule has 4 rings (SSSR count). The van der Waals surface area contributed by atoms with Crippen LogP contribution in [0.5, 0.6) is 0 Å². The van der Waals surface area contributed by atoms with Gasteiger partial charge < -0.3 is 10.1 Å². The summed E-state index contributed by atoms with van der Waals surface area (Å²) < 4.78 is 32.4. The first-order valence-electron chi connectivity index (χ1n) is 7.88. The van der Waals surface area contributed by atoms with E-state index in [9.17, 15) is 8.42 Å². The number of aromatic nitrogens is 1. The molecule has 2 saturated heterocycles. The highest BCUT2D eigenvalue weighted by molar-refractivity contribution is 7.90. The van der Waals surface area contributed by atoms with Gasteiger partial charge in [0.1, 0.15) is 5.82 Å². The average Bonchev–Trinajstić information content (AvgIpc) is 3.20. The van der Waals surface area contributed by atoms with Crippen LogP contribution in [0.3, 0.4) is 0 Å². The van der Waals surface area contributed by atoms with Crippen molar-refractivity contribution in [2.75, 3.05) is 25.0 Å². The SMILES string of the molecule is O=S(=O)(C1CC1)N1CC[C@]2(C[C@H](Nc3ccccn3)CO2)C1. The maximum atomic E-state index is 12.4. The predicted molar refractivity (Wildman–Crippen MR) is 83.1 cm³/mol. The molecule has 1 aliphatic carbocycles. The van der Waals surface area contributed by atoms with Crippen molar-refractivity contribution in [3.8, 4) is 0 Å². The van der Waals surface area contributed by atoms with E-state index in [-0.39, 0.29) is 16.9 Å². The van der Waals surface area contributed by atoms with Gasteiger partial charge in [-0.25, -0.2) is 13.4 Å². The van der Waals surface area contributed by atoms with Crippen LogP contribution in [-0.2, 0) is 14.8 Å². The Bertz CT molecular complexity index is 647. The summed E-state index contributed by atoms with van der Waals surface area (Å²) in [6, 6.07) is 5.96. The molecule has 1 aromatic rings. The number of anilines is 1. The summed E-state index contributed by atoms with van der Waals surface area (Å²) in [5, 5.41) is 3.24. The Hall–Kier alpha value is -1.18. The maximum absolute atomic E-state index is 12.4. The summed E-state index contributed by atoms with van der Waals surface area (Å²) in [4.78, 5) is 4.27. The fourth-order valence-electron chi connectivity index (χ4n) is 3.48. The largest absolute Gasteiger partial charge is 0.371 e.